The topological polar surface area (TPSA) is 95.6 Å². The Kier molecular flexibility index (Phi) is 5.50. The number of amides is 2. The summed E-state index contributed by atoms with van der Waals surface area (Å²) in [6.07, 6.45) is -0.364. The summed E-state index contributed by atoms with van der Waals surface area (Å²) in [4.78, 5) is 25.5. The number of hydrogen-bond donors (Lipinski definition) is 2. The van der Waals surface area contributed by atoms with Crippen molar-refractivity contribution in [3.05, 3.63) is 71.1 Å². The molecule has 0 bridgehead atoms. The van der Waals surface area contributed by atoms with Gasteiger partial charge in [0.1, 0.15) is 10.3 Å². The largest absolute Gasteiger partial charge is 0.326 e. The first kappa shape index (κ1) is 20.4. The molecular weight excluding hydrogens is 446 g/mol. The van der Waals surface area contributed by atoms with Gasteiger partial charge < -0.3 is 10.6 Å². The van der Waals surface area contributed by atoms with E-state index in [-0.39, 0.29) is 10.6 Å². The number of benzene rings is 2. The average molecular weight is 462 g/mol. The number of halogens is 1. The number of fused-ring (bicyclic) bond motifs is 1. The Morgan fingerprint density at radius 2 is 1.93 bits per heavy atom. The summed E-state index contributed by atoms with van der Waals surface area (Å²) in [5.41, 5.74) is 1.14. The van der Waals surface area contributed by atoms with E-state index >= 15 is 0 Å². The highest BCUT2D eigenvalue weighted by atomic mass is 35.5. The number of anilines is 3. The molecule has 2 N–H and O–H groups in total. The third-order valence-corrected chi connectivity index (χ3v) is 7.91. The predicted molar refractivity (Wildman–Crippen MR) is 118 cm³/mol. The Morgan fingerprint density at radius 3 is 2.67 bits per heavy atom. The number of carbonyl (C=O) groups is 2. The van der Waals surface area contributed by atoms with Crippen LogP contribution in [0.3, 0.4) is 0 Å². The van der Waals surface area contributed by atoms with Crippen molar-refractivity contribution in [2.24, 2.45) is 0 Å². The number of carbonyl (C=O) groups excluding carboxylic acids is 2. The van der Waals surface area contributed by atoms with Gasteiger partial charge >= 0.3 is 0 Å². The van der Waals surface area contributed by atoms with Crippen LogP contribution in [-0.2, 0) is 19.6 Å². The van der Waals surface area contributed by atoms with E-state index in [2.05, 4.69) is 10.6 Å². The predicted octanol–water partition coefficient (Wildman–Crippen LogP) is 3.95. The van der Waals surface area contributed by atoms with E-state index in [1.807, 2.05) is 0 Å². The standard InChI is InChI=1S/C20H16ClN3O4S2/c21-13-5-3-6-14(11-13)22-18(25)12-17-20(26)23-15-7-1-2-8-16(15)24(17)30(27,28)19-9-4-10-29-19/h1-11,17H,12H2,(H,22,25)(H,23,26). The van der Waals surface area contributed by atoms with Crippen LogP contribution in [0.15, 0.2) is 70.3 Å². The van der Waals surface area contributed by atoms with Gasteiger partial charge in [-0.3, -0.25) is 13.9 Å². The van der Waals surface area contributed by atoms with Gasteiger partial charge in [0.05, 0.1) is 17.8 Å². The van der Waals surface area contributed by atoms with Gasteiger partial charge in [-0.05, 0) is 41.8 Å². The molecule has 1 aliphatic rings. The molecule has 2 aromatic carbocycles. The Balaban J connectivity index is 1.70. The van der Waals surface area contributed by atoms with Gasteiger partial charge in [0, 0.05) is 10.7 Å². The molecule has 1 atom stereocenters. The molecule has 4 rings (SSSR count). The van der Waals surface area contributed by atoms with Gasteiger partial charge in [0.2, 0.25) is 11.8 Å². The van der Waals surface area contributed by atoms with Crippen molar-refractivity contribution in [3.63, 3.8) is 0 Å². The summed E-state index contributed by atoms with van der Waals surface area (Å²) < 4.78 is 27.8. The van der Waals surface area contributed by atoms with Crippen LogP contribution in [0, 0.1) is 0 Å². The molecule has 1 aromatic heterocycles. The molecule has 0 fully saturated rings. The van der Waals surface area contributed by atoms with Crippen LogP contribution in [-0.4, -0.2) is 26.3 Å². The number of para-hydroxylation sites is 2. The lowest BCUT2D eigenvalue weighted by Crippen LogP contribution is -2.52. The van der Waals surface area contributed by atoms with Crippen molar-refractivity contribution in [1.29, 1.82) is 0 Å². The lowest BCUT2D eigenvalue weighted by Gasteiger charge is -2.36. The number of nitrogens with zero attached hydrogens (tertiary/aromatic N) is 1. The Bertz CT molecular complexity index is 1210. The molecule has 0 spiro atoms. The zero-order chi connectivity index (χ0) is 21.3. The number of rotatable bonds is 5. The zero-order valence-corrected chi connectivity index (χ0v) is 17.8. The summed E-state index contributed by atoms with van der Waals surface area (Å²) in [5.74, 6) is -1.08. The van der Waals surface area contributed by atoms with Crippen molar-refractivity contribution in [2.45, 2.75) is 16.7 Å². The van der Waals surface area contributed by atoms with Crippen LogP contribution in [0.5, 0.6) is 0 Å². The first-order valence-corrected chi connectivity index (χ1v) is 11.6. The van der Waals surface area contributed by atoms with E-state index in [0.29, 0.717) is 22.1 Å². The highest BCUT2D eigenvalue weighted by Gasteiger charge is 2.42. The number of sulfonamides is 1. The van der Waals surface area contributed by atoms with Gasteiger partial charge in [-0.1, -0.05) is 35.9 Å². The van der Waals surface area contributed by atoms with E-state index in [0.717, 1.165) is 15.6 Å². The lowest BCUT2D eigenvalue weighted by atomic mass is 10.1. The molecule has 1 unspecified atom stereocenters. The number of nitrogens with one attached hydrogen (secondary N) is 2. The molecule has 10 heteroatoms. The Hall–Kier alpha value is -2.88. The smallest absolute Gasteiger partial charge is 0.274 e. The van der Waals surface area contributed by atoms with Crippen molar-refractivity contribution < 1.29 is 18.0 Å². The summed E-state index contributed by atoms with van der Waals surface area (Å²) >= 11 is 6.99. The van der Waals surface area contributed by atoms with Crippen LogP contribution in [0.4, 0.5) is 17.1 Å². The highest BCUT2D eigenvalue weighted by molar-refractivity contribution is 7.94. The molecule has 2 heterocycles. The molecular formula is C20H16ClN3O4S2. The molecule has 0 aliphatic carbocycles. The molecule has 3 aromatic rings. The zero-order valence-electron chi connectivity index (χ0n) is 15.4. The molecule has 0 radical (unpaired) electrons. The minimum atomic E-state index is -4.05. The SMILES string of the molecule is O=C(CC1C(=O)Nc2ccccc2N1S(=O)(=O)c1cccs1)Nc1cccc(Cl)c1. The molecule has 2 amide bonds. The van der Waals surface area contributed by atoms with Gasteiger partial charge in [-0.25, -0.2) is 8.42 Å². The second kappa shape index (κ2) is 8.10. The fraction of sp³-hybridized carbons (Fsp3) is 0.100. The van der Waals surface area contributed by atoms with Gasteiger partial charge in [-0.15, -0.1) is 11.3 Å². The summed E-state index contributed by atoms with van der Waals surface area (Å²) in [6, 6.07) is 15.0. The Morgan fingerprint density at radius 1 is 1.13 bits per heavy atom. The van der Waals surface area contributed by atoms with Crippen LogP contribution in [0.2, 0.25) is 5.02 Å². The van der Waals surface area contributed by atoms with Crippen molar-refractivity contribution >= 4 is 61.8 Å². The minimum absolute atomic E-state index is 0.0900. The molecule has 0 saturated heterocycles. The van der Waals surface area contributed by atoms with Gasteiger partial charge in [-0.2, -0.15) is 0 Å². The first-order valence-electron chi connectivity index (χ1n) is 8.89. The van der Waals surface area contributed by atoms with Crippen molar-refractivity contribution in [3.8, 4) is 0 Å². The minimum Gasteiger partial charge on any atom is -0.326 e. The van der Waals surface area contributed by atoms with Crippen LogP contribution in [0.25, 0.3) is 0 Å². The summed E-state index contributed by atoms with van der Waals surface area (Å²) in [6.45, 7) is 0. The maximum Gasteiger partial charge on any atom is 0.274 e. The number of thiophene rings is 1. The number of hydrogen-bond acceptors (Lipinski definition) is 5. The highest BCUT2D eigenvalue weighted by Crippen LogP contribution is 2.38. The van der Waals surface area contributed by atoms with E-state index in [1.54, 1.807) is 60.0 Å². The summed E-state index contributed by atoms with van der Waals surface area (Å²) in [7, 11) is -4.05. The first-order chi connectivity index (χ1) is 14.4. The maximum absolute atomic E-state index is 13.4. The van der Waals surface area contributed by atoms with Crippen LogP contribution >= 0.6 is 22.9 Å². The normalized spacial score (nSPS) is 16.0. The summed E-state index contributed by atoms with van der Waals surface area (Å²) in [5, 5.41) is 7.44. The fourth-order valence-corrected chi connectivity index (χ4v) is 6.10. The van der Waals surface area contributed by atoms with E-state index in [9.17, 15) is 18.0 Å². The van der Waals surface area contributed by atoms with E-state index in [4.69, 9.17) is 11.6 Å². The van der Waals surface area contributed by atoms with Gasteiger partial charge in [0.25, 0.3) is 10.0 Å². The van der Waals surface area contributed by atoms with E-state index in [1.165, 1.54) is 6.07 Å². The van der Waals surface area contributed by atoms with Crippen molar-refractivity contribution in [2.75, 3.05) is 14.9 Å². The molecule has 7 nitrogen and oxygen atoms in total. The maximum atomic E-state index is 13.4. The molecule has 30 heavy (non-hydrogen) atoms. The second-order valence-electron chi connectivity index (χ2n) is 6.52. The monoisotopic (exact) mass is 461 g/mol. The van der Waals surface area contributed by atoms with Crippen molar-refractivity contribution in [1.82, 2.24) is 0 Å². The quantitative estimate of drug-likeness (QED) is 0.601. The third-order valence-electron chi connectivity index (χ3n) is 4.48. The Labute approximate surface area is 182 Å². The van der Waals surface area contributed by atoms with E-state index < -0.39 is 27.9 Å². The lowest BCUT2D eigenvalue weighted by molar-refractivity contribution is -0.122. The molecule has 1 aliphatic heterocycles. The van der Waals surface area contributed by atoms with Crippen LogP contribution in [0.1, 0.15) is 6.42 Å². The molecule has 154 valence electrons. The third kappa shape index (κ3) is 3.91. The fourth-order valence-electron chi connectivity index (χ4n) is 3.20. The second-order valence-corrected chi connectivity index (χ2v) is 9.94. The van der Waals surface area contributed by atoms with Gasteiger partial charge in [0.15, 0.2) is 0 Å². The average Bonchev–Trinajstić information content (AvgIpc) is 3.24. The molecule has 0 saturated carbocycles. The van der Waals surface area contributed by atoms with Crippen LogP contribution < -0.4 is 14.9 Å².